The van der Waals surface area contributed by atoms with Gasteiger partial charge in [0.15, 0.2) is 5.01 Å². The zero-order valence-corrected chi connectivity index (χ0v) is 19.3. The summed E-state index contributed by atoms with van der Waals surface area (Å²) in [5.41, 5.74) is 3.68. The fourth-order valence-electron chi connectivity index (χ4n) is 4.78. The van der Waals surface area contributed by atoms with Crippen LogP contribution in [-0.2, 0) is 0 Å². The standard InChI is InChI=1S/C22H30N6OS/c1-13-7-14(15-11-23-24-12-15)8-17(29)18(13)19-25-26-20(30-19)28(6)16-9-21(2,3)27-22(4,5)10-16/h7-8,11-12,16,27,29H,9-10H2,1-6H3,(H,23,24). The molecule has 1 fully saturated rings. The van der Waals surface area contributed by atoms with Crippen molar-refractivity contribution in [3.05, 3.63) is 30.1 Å². The molecule has 4 rings (SSSR count). The third-order valence-corrected chi connectivity index (χ3v) is 6.82. The summed E-state index contributed by atoms with van der Waals surface area (Å²) in [6.45, 7) is 11.0. The van der Waals surface area contributed by atoms with Gasteiger partial charge in [0.1, 0.15) is 5.75 Å². The molecule has 1 aliphatic heterocycles. The normalized spacial score (nSPS) is 18.5. The van der Waals surface area contributed by atoms with E-state index in [1.54, 1.807) is 12.3 Å². The summed E-state index contributed by atoms with van der Waals surface area (Å²) in [5, 5.41) is 31.8. The van der Waals surface area contributed by atoms with Crippen LogP contribution in [0, 0.1) is 6.92 Å². The number of rotatable bonds is 4. The molecule has 0 radical (unpaired) electrons. The van der Waals surface area contributed by atoms with Crippen LogP contribution in [0.2, 0.25) is 0 Å². The zero-order chi connectivity index (χ0) is 21.7. The van der Waals surface area contributed by atoms with Crippen molar-refractivity contribution in [1.29, 1.82) is 0 Å². The van der Waals surface area contributed by atoms with Crippen molar-refractivity contribution in [3.63, 3.8) is 0 Å². The van der Waals surface area contributed by atoms with Gasteiger partial charge in [-0.25, -0.2) is 0 Å². The van der Waals surface area contributed by atoms with E-state index in [1.165, 1.54) is 11.3 Å². The van der Waals surface area contributed by atoms with Crippen molar-refractivity contribution in [2.45, 2.75) is 64.6 Å². The number of H-pyrrole nitrogens is 1. The Labute approximate surface area is 181 Å². The molecule has 8 heteroatoms. The van der Waals surface area contributed by atoms with Crippen LogP contribution in [-0.4, -0.2) is 49.7 Å². The minimum atomic E-state index is 0.0615. The van der Waals surface area contributed by atoms with Crippen LogP contribution in [0.25, 0.3) is 21.7 Å². The third-order valence-electron chi connectivity index (χ3n) is 5.79. The van der Waals surface area contributed by atoms with Gasteiger partial charge in [-0.3, -0.25) is 5.10 Å². The maximum absolute atomic E-state index is 10.7. The van der Waals surface area contributed by atoms with Crippen molar-refractivity contribution in [2.75, 3.05) is 11.9 Å². The molecule has 1 saturated heterocycles. The Morgan fingerprint density at radius 2 is 1.80 bits per heavy atom. The van der Waals surface area contributed by atoms with Crippen LogP contribution in [0.4, 0.5) is 5.13 Å². The summed E-state index contributed by atoms with van der Waals surface area (Å²) < 4.78 is 0. The van der Waals surface area contributed by atoms with E-state index in [1.807, 2.05) is 19.2 Å². The topological polar surface area (TPSA) is 90.0 Å². The number of aryl methyl sites for hydroxylation is 1. The molecule has 0 atom stereocenters. The third kappa shape index (κ3) is 4.06. The smallest absolute Gasteiger partial charge is 0.208 e. The van der Waals surface area contributed by atoms with Crippen LogP contribution in [0.3, 0.4) is 0 Å². The molecule has 2 aromatic heterocycles. The van der Waals surface area contributed by atoms with Crippen LogP contribution in [0.1, 0.15) is 46.1 Å². The fourth-order valence-corrected chi connectivity index (χ4v) is 5.78. The van der Waals surface area contributed by atoms with E-state index in [4.69, 9.17) is 0 Å². The van der Waals surface area contributed by atoms with Gasteiger partial charge >= 0.3 is 0 Å². The number of aromatic nitrogens is 4. The van der Waals surface area contributed by atoms with Crippen molar-refractivity contribution < 1.29 is 5.11 Å². The predicted molar refractivity (Wildman–Crippen MR) is 122 cm³/mol. The summed E-state index contributed by atoms with van der Waals surface area (Å²) in [6.07, 6.45) is 5.62. The first-order chi connectivity index (χ1) is 14.0. The Kier molecular flexibility index (Phi) is 5.10. The number of hydrogen-bond acceptors (Lipinski definition) is 7. The van der Waals surface area contributed by atoms with Crippen molar-refractivity contribution >= 4 is 16.5 Å². The van der Waals surface area contributed by atoms with Gasteiger partial charge in [-0.1, -0.05) is 17.4 Å². The summed E-state index contributed by atoms with van der Waals surface area (Å²) in [7, 11) is 2.10. The molecular formula is C22H30N6OS. The van der Waals surface area contributed by atoms with Crippen LogP contribution >= 0.6 is 11.3 Å². The number of aromatic amines is 1. The molecule has 3 N–H and O–H groups in total. The molecule has 3 aromatic rings. The number of hydrogen-bond donors (Lipinski definition) is 3. The summed E-state index contributed by atoms with van der Waals surface area (Å²) in [4.78, 5) is 2.25. The van der Waals surface area contributed by atoms with E-state index >= 15 is 0 Å². The zero-order valence-electron chi connectivity index (χ0n) is 18.4. The number of nitrogens with one attached hydrogen (secondary N) is 2. The molecule has 0 bridgehead atoms. The average molecular weight is 427 g/mol. The highest BCUT2D eigenvalue weighted by atomic mass is 32.1. The van der Waals surface area contributed by atoms with Gasteiger partial charge in [0.25, 0.3) is 0 Å². The number of piperidine rings is 1. The summed E-state index contributed by atoms with van der Waals surface area (Å²) in [5.74, 6) is 0.209. The van der Waals surface area contributed by atoms with E-state index in [2.05, 4.69) is 65.4 Å². The number of anilines is 1. The predicted octanol–water partition coefficient (Wildman–Crippen LogP) is 4.35. The lowest BCUT2D eigenvalue weighted by Gasteiger charge is -2.48. The van der Waals surface area contributed by atoms with E-state index < -0.39 is 0 Å². The molecule has 0 spiro atoms. The van der Waals surface area contributed by atoms with Gasteiger partial charge in [0, 0.05) is 35.9 Å². The quantitative estimate of drug-likeness (QED) is 0.574. The largest absolute Gasteiger partial charge is 0.507 e. The minimum Gasteiger partial charge on any atom is -0.507 e. The second-order valence-corrected chi connectivity index (χ2v) is 10.6. The first-order valence-electron chi connectivity index (χ1n) is 10.2. The lowest BCUT2D eigenvalue weighted by Crippen LogP contribution is -2.61. The van der Waals surface area contributed by atoms with E-state index in [0.717, 1.165) is 45.2 Å². The SMILES string of the molecule is Cc1cc(-c2cn[nH]c2)cc(O)c1-c1nnc(N(C)C2CC(C)(C)NC(C)(C)C2)s1. The highest BCUT2D eigenvalue weighted by molar-refractivity contribution is 7.18. The number of phenols is 1. The highest BCUT2D eigenvalue weighted by Crippen LogP contribution is 2.40. The Morgan fingerprint density at radius 1 is 1.10 bits per heavy atom. The van der Waals surface area contributed by atoms with Gasteiger partial charge in [-0.15, -0.1) is 10.2 Å². The molecular weight excluding hydrogens is 396 g/mol. The molecule has 3 heterocycles. The minimum absolute atomic E-state index is 0.0615. The lowest BCUT2D eigenvalue weighted by atomic mass is 9.79. The van der Waals surface area contributed by atoms with Gasteiger partial charge < -0.3 is 15.3 Å². The highest BCUT2D eigenvalue weighted by Gasteiger charge is 2.39. The number of benzene rings is 1. The van der Waals surface area contributed by atoms with Crippen molar-refractivity contribution in [2.24, 2.45) is 0 Å². The molecule has 30 heavy (non-hydrogen) atoms. The Bertz CT molecular complexity index is 1000. The van der Waals surface area contributed by atoms with E-state index in [9.17, 15) is 5.11 Å². The number of aromatic hydroxyl groups is 1. The molecule has 1 aromatic carbocycles. The van der Waals surface area contributed by atoms with Crippen molar-refractivity contribution in [1.82, 2.24) is 25.7 Å². The van der Waals surface area contributed by atoms with Gasteiger partial charge in [0.2, 0.25) is 5.13 Å². The summed E-state index contributed by atoms with van der Waals surface area (Å²) >= 11 is 1.52. The molecule has 7 nitrogen and oxygen atoms in total. The van der Waals surface area contributed by atoms with Gasteiger partial charge in [-0.05, 0) is 64.7 Å². The first-order valence-corrected chi connectivity index (χ1v) is 11.1. The monoisotopic (exact) mass is 426 g/mol. The van der Waals surface area contributed by atoms with Crippen molar-refractivity contribution in [3.8, 4) is 27.4 Å². The number of phenolic OH excluding ortho intramolecular Hbond substituents is 1. The van der Waals surface area contributed by atoms with Crippen LogP contribution in [0.5, 0.6) is 5.75 Å². The average Bonchev–Trinajstić information content (AvgIpc) is 3.30. The Balaban J connectivity index is 1.61. The van der Waals surface area contributed by atoms with Gasteiger partial charge in [0.05, 0.1) is 11.8 Å². The van der Waals surface area contributed by atoms with Gasteiger partial charge in [-0.2, -0.15) is 5.10 Å². The lowest BCUT2D eigenvalue weighted by molar-refractivity contribution is 0.161. The molecule has 0 aliphatic carbocycles. The maximum atomic E-state index is 10.7. The van der Waals surface area contributed by atoms with E-state index in [-0.39, 0.29) is 16.8 Å². The fraction of sp³-hybridized carbons (Fsp3) is 0.500. The first kappa shape index (κ1) is 20.8. The molecule has 1 aliphatic rings. The Hall–Kier alpha value is -2.45. The second kappa shape index (κ2) is 7.35. The molecule has 160 valence electrons. The Morgan fingerprint density at radius 3 is 2.40 bits per heavy atom. The molecule has 0 unspecified atom stereocenters. The summed E-state index contributed by atoms with van der Waals surface area (Å²) in [6, 6.07) is 4.17. The molecule has 0 amide bonds. The van der Waals surface area contributed by atoms with E-state index in [0.29, 0.717) is 6.04 Å². The number of nitrogens with zero attached hydrogens (tertiary/aromatic N) is 4. The second-order valence-electron chi connectivity index (χ2n) is 9.63. The van der Waals surface area contributed by atoms with Crippen LogP contribution in [0.15, 0.2) is 24.5 Å². The maximum Gasteiger partial charge on any atom is 0.208 e. The molecule has 0 saturated carbocycles. The van der Waals surface area contributed by atoms with Crippen LogP contribution < -0.4 is 10.2 Å².